The van der Waals surface area contributed by atoms with E-state index in [0.29, 0.717) is 24.3 Å². The quantitative estimate of drug-likeness (QED) is 0.662. The van der Waals surface area contributed by atoms with Gasteiger partial charge in [-0.3, -0.25) is 14.8 Å². The van der Waals surface area contributed by atoms with Gasteiger partial charge in [-0.25, -0.2) is 9.50 Å². The van der Waals surface area contributed by atoms with Crippen molar-refractivity contribution in [3.8, 4) is 17.2 Å². The fraction of sp³-hybridized carbons (Fsp3) is 0.500. The van der Waals surface area contributed by atoms with Crippen molar-refractivity contribution < 1.29 is 14.2 Å². The summed E-state index contributed by atoms with van der Waals surface area (Å²) in [7, 11) is 0. The van der Waals surface area contributed by atoms with Crippen LogP contribution in [0.25, 0.3) is 5.65 Å². The predicted octanol–water partition coefficient (Wildman–Crippen LogP) is 2.98. The summed E-state index contributed by atoms with van der Waals surface area (Å²) < 4.78 is 18.9. The average molecular weight is 437 g/mol. The summed E-state index contributed by atoms with van der Waals surface area (Å²) in [6.45, 7) is 5.73. The predicted molar refractivity (Wildman–Crippen MR) is 119 cm³/mol. The number of benzene rings is 1. The summed E-state index contributed by atoms with van der Waals surface area (Å²) in [6, 6.07) is 6.63. The molecule has 8 heteroatoms. The number of rotatable bonds is 5. The molecule has 1 N–H and O–H groups in total. The van der Waals surface area contributed by atoms with E-state index in [1.54, 1.807) is 4.52 Å². The van der Waals surface area contributed by atoms with Crippen LogP contribution in [0.5, 0.6) is 17.2 Å². The van der Waals surface area contributed by atoms with Gasteiger partial charge in [0.05, 0.1) is 12.3 Å². The largest absolute Gasteiger partial charge is 0.493 e. The summed E-state index contributed by atoms with van der Waals surface area (Å²) in [4.78, 5) is 20.6. The molecule has 32 heavy (non-hydrogen) atoms. The Balaban J connectivity index is 1.34. The van der Waals surface area contributed by atoms with Gasteiger partial charge in [-0.1, -0.05) is 6.92 Å². The van der Waals surface area contributed by atoms with Crippen LogP contribution in [-0.2, 0) is 19.4 Å². The SMILES string of the molecule is CCCOc1cc2c(cc1CN1[C@@H]3CC[C@H]1Cc1c(nc4cc(C)[nH]n4c1=O)C3)OCO2. The van der Waals surface area contributed by atoms with Crippen molar-refractivity contribution in [3.05, 3.63) is 51.1 Å². The van der Waals surface area contributed by atoms with E-state index in [2.05, 4.69) is 23.0 Å². The summed E-state index contributed by atoms with van der Waals surface area (Å²) >= 11 is 0. The van der Waals surface area contributed by atoms with Gasteiger partial charge in [0.2, 0.25) is 6.79 Å². The Morgan fingerprint density at radius 1 is 1.16 bits per heavy atom. The van der Waals surface area contributed by atoms with Crippen molar-refractivity contribution in [3.63, 3.8) is 0 Å². The lowest BCUT2D eigenvalue weighted by atomic mass is 9.98. The van der Waals surface area contributed by atoms with Crippen molar-refractivity contribution >= 4 is 5.65 Å². The van der Waals surface area contributed by atoms with Gasteiger partial charge in [0, 0.05) is 54.0 Å². The lowest BCUT2D eigenvalue weighted by Gasteiger charge is -2.28. The Hall–Kier alpha value is -3.00. The van der Waals surface area contributed by atoms with Crippen LogP contribution in [0.1, 0.15) is 48.7 Å². The van der Waals surface area contributed by atoms with E-state index in [1.807, 2.05) is 19.1 Å². The number of aryl methyl sites for hydroxylation is 1. The molecule has 0 radical (unpaired) electrons. The molecule has 1 saturated heterocycles. The molecule has 8 nitrogen and oxygen atoms in total. The topological polar surface area (TPSA) is 81.1 Å². The Labute approximate surface area is 186 Å². The molecular formula is C24H28N4O4. The molecule has 0 amide bonds. The number of nitrogens with one attached hydrogen (secondary N) is 1. The maximum atomic E-state index is 13.2. The van der Waals surface area contributed by atoms with Crippen LogP contribution < -0.4 is 19.8 Å². The number of hydrogen-bond donors (Lipinski definition) is 1. The summed E-state index contributed by atoms with van der Waals surface area (Å²) in [5, 5.41) is 3.13. The molecule has 3 aliphatic heterocycles. The summed E-state index contributed by atoms with van der Waals surface area (Å²) in [5.74, 6) is 2.38. The van der Waals surface area contributed by atoms with E-state index < -0.39 is 0 Å². The minimum absolute atomic E-state index is 0.0423. The van der Waals surface area contributed by atoms with Crippen LogP contribution in [0.4, 0.5) is 0 Å². The third-order valence-electron chi connectivity index (χ3n) is 6.93. The zero-order valence-electron chi connectivity index (χ0n) is 18.5. The van der Waals surface area contributed by atoms with Crippen LogP contribution in [0.15, 0.2) is 23.0 Å². The van der Waals surface area contributed by atoms with Gasteiger partial charge in [0.15, 0.2) is 17.1 Å². The molecule has 0 spiro atoms. The molecule has 0 saturated carbocycles. The van der Waals surface area contributed by atoms with Gasteiger partial charge in [-0.2, -0.15) is 0 Å². The van der Waals surface area contributed by atoms with Crippen LogP contribution in [-0.4, -0.2) is 45.0 Å². The highest BCUT2D eigenvalue weighted by Gasteiger charge is 2.39. The van der Waals surface area contributed by atoms with Crippen LogP contribution in [0.2, 0.25) is 0 Å². The standard InChI is InChI=1S/C24H28N4O4/c1-3-6-30-20-11-22-21(31-13-32-22)8-15(20)12-27-16-4-5-17(27)10-19-18(9-16)24(29)28-23(25-19)7-14(2)26-28/h7-8,11,16-17,26H,3-6,9-10,12-13H2,1-2H3/t16-,17+/m0/s1. The highest BCUT2D eigenvalue weighted by atomic mass is 16.7. The molecule has 1 fully saturated rings. The number of H-pyrrole nitrogens is 1. The van der Waals surface area contributed by atoms with Crippen LogP contribution in [0, 0.1) is 6.92 Å². The van der Waals surface area contributed by atoms with Gasteiger partial charge in [0.1, 0.15) is 5.75 Å². The Morgan fingerprint density at radius 2 is 1.94 bits per heavy atom. The number of nitrogens with zero attached hydrogens (tertiary/aromatic N) is 3. The second kappa shape index (κ2) is 7.55. The smallest absolute Gasteiger partial charge is 0.276 e. The Bertz CT molecular complexity index is 1250. The lowest BCUT2D eigenvalue weighted by Crippen LogP contribution is -2.36. The zero-order valence-corrected chi connectivity index (χ0v) is 18.5. The average Bonchev–Trinajstić information content (AvgIpc) is 3.44. The first kappa shape index (κ1) is 19.7. The number of aromatic nitrogens is 3. The molecule has 3 aliphatic rings. The Kier molecular flexibility index (Phi) is 4.64. The van der Waals surface area contributed by atoms with Gasteiger partial charge in [-0.15, -0.1) is 0 Å². The molecule has 2 aromatic heterocycles. The van der Waals surface area contributed by atoms with Crippen molar-refractivity contribution in [2.24, 2.45) is 0 Å². The number of fused-ring (bicyclic) bond motifs is 5. The fourth-order valence-electron chi connectivity index (χ4n) is 5.40. The maximum Gasteiger partial charge on any atom is 0.276 e. The van der Waals surface area contributed by atoms with Crippen molar-refractivity contribution in [2.75, 3.05) is 13.4 Å². The van der Waals surface area contributed by atoms with Gasteiger partial charge in [0.25, 0.3) is 5.56 Å². The second-order valence-corrected chi connectivity index (χ2v) is 9.10. The number of hydrogen-bond acceptors (Lipinski definition) is 6. The zero-order chi connectivity index (χ0) is 21.8. The highest BCUT2D eigenvalue weighted by Crippen LogP contribution is 2.41. The van der Waals surface area contributed by atoms with E-state index in [1.165, 1.54) is 0 Å². The van der Waals surface area contributed by atoms with Gasteiger partial charge >= 0.3 is 0 Å². The maximum absolute atomic E-state index is 13.2. The minimum Gasteiger partial charge on any atom is -0.493 e. The van der Waals surface area contributed by atoms with Crippen LogP contribution in [0.3, 0.4) is 0 Å². The molecule has 1 aromatic carbocycles. The summed E-state index contributed by atoms with van der Waals surface area (Å²) in [5.41, 5.74) is 4.62. The molecule has 5 heterocycles. The highest BCUT2D eigenvalue weighted by molar-refractivity contribution is 5.52. The molecule has 2 atom stereocenters. The van der Waals surface area contributed by atoms with Crippen molar-refractivity contribution in [1.29, 1.82) is 0 Å². The fourth-order valence-corrected chi connectivity index (χ4v) is 5.40. The molecule has 0 unspecified atom stereocenters. The third kappa shape index (κ3) is 3.16. The monoisotopic (exact) mass is 436 g/mol. The van der Waals surface area contributed by atoms with Gasteiger partial charge in [-0.05, 0) is 38.7 Å². The van der Waals surface area contributed by atoms with Crippen molar-refractivity contribution in [2.45, 2.75) is 64.6 Å². The van der Waals surface area contributed by atoms with E-state index in [0.717, 1.165) is 78.4 Å². The Morgan fingerprint density at radius 3 is 2.75 bits per heavy atom. The molecule has 2 bridgehead atoms. The minimum atomic E-state index is 0.0423. The number of ether oxygens (including phenoxy) is 3. The first-order chi connectivity index (χ1) is 15.6. The third-order valence-corrected chi connectivity index (χ3v) is 6.93. The first-order valence-corrected chi connectivity index (χ1v) is 11.5. The van der Waals surface area contributed by atoms with Crippen LogP contribution >= 0.6 is 0 Å². The van der Waals surface area contributed by atoms with E-state index in [4.69, 9.17) is 19.2 Å². The van der Waals surface area contributed by atoms with E-state index in [9.17, 15) is 4.79 Å². The first-order valence-electron chi connectivity index (χ1n) is 11.5. The van der Waals surface area contributed by atoms with E-state index in [-0.39, 0.29) is 12.4 Å². The molecule has 0 aliphatic carbocycles. The van der Waals surface area contributed by atoms with Gasteiger partial charge < -0.3 is 14.2 Å². The molecular weight excluding hydrogens is 408 g/mol. The molecule has 168 valence electrons. The molecule has 6 rings (SSSR count). The van der Waals surface area contributed by atoms with E-state index >= 15 is 0 Å². The molecule has 3 aromatic rings. The lowest BCUT2D eigenvalue weighted by molar-refractivity contribution is 0.173. The van der Waals surface area contributed by atoms with Crippen molar-refractivity contribution in [1.82, 2.24) is 19.5 Å². The normalized spacial score (nSPS) is 21.7. The number of aromatic amines is 1. The summed E-state index contributed by atoms with van der Waals surface area (Å²) in [6.07, 6.45) is 4.69. The second-order valence-electron chi connectivity index (χ2n) is 9.10.